The summed E-state index contributed by atoms with van der Waals surface area (Å²) in [7, 11) is 0. The Bertz CT molecular complexity index is 1440. The van der Waals surface area contributed by atoms with Crippen LogP contribution in [-0.4, -0.2) is 61.4 Å². The highest BCUT2D eigenvalue weighted by Gasteiger charge is 2.23. The number of alkyl carbamates (subject to hydrolysis) is 1. The van der Waals surface area contributed by atoms with Crippen molar-refractivity contribution in [3.8, 4) is 0 Å². The SMILES string of the molecule is NC(N)=NCCC[C@H](NC(=O)CNC(=O)CNC(=O)OCc1ccccc1)C(=O)NC(=O)c1ccc2ccccc2c1. The monoisotopic (exact) mass is 575 g/mol. The van der Waals surface area contributed by atoms with Gasteiger partial charge >= 0.3 is 6.09 Å². The quantitative estimate of drug-likeness (QED) is 0.0968. The van der Waals surface area contributed by atoms with E-state index in [2.05, 4.69) is 26.3 Å². The van der Waals surface area contributed by atoms with Crippen LogP contribution in [0.5, 0.6) is 0 Å². The molecule has 0 bridgehead atoms. The van der Waals surface area contributed by atoms with E-state index in [9.17, 15) is 24.0 Å². The van der Waals surface area contributed by atoms with Gasteiger partial charge in [0.2, 0.25) is 17.7 Å². The predicted octanol–water partition coefficient (Wildman–Crippen LogP) is 0.677. The number of benzene rings is 3. The summed E-state index contributed by atoms with van der Waals surface area (Å²) in [6.45, 7) is -0.671. The first-order valence-corrected chi connectivity index (χ1v) is 13.1. The van der Waals surface area contributed by atoms with Crippen molar-refractivity contribution in [1.29, 1.82) is 0 Å². The molecule has 42 heavy (non-hydrogen) atoms. The minimum Gasteiger partial charge on any atom is -0.445 e. The molecule has 0 aromatic heterocycles. The van der Waals surface area contributed by atoms with Crippen molar-refractivity contribution in [2.75, 3.05) is 19.6 Å². The molecule has 0 radical (unpaired) electrons. The lowest BCUT2D eigenvalue weighted by atomic mass is 10.1. The first kappa shape index (κ1) is 31.1. The van der Waals surface area contributed by atoms with Crippen molar-refractivity contribution < 1.29 is 28.7 Å². The van der Waals surface area contributed by atoms with Crippen LogP contribution in [0.25, 0.3) is 10.8 Å². The lowest BCUT2D eigenvalue weighted by molar-refractivity contribution is -0.129. The molecule has 0 heterocycles. The lowest BCUT2D eigenvalue weighted by Crippen LogP contribution is -2.51. The van der Waals surface area contributed by atoms with Gasteiger partial charge in [-0.25, -0.2) is 4.79 Å². The van der Waals surface area contributed by atoms with Gasteiger partial charge in [0.15, 0.2) is 5.96 Å². The Morgan fingerprint density at radius 2 is 1.50 bits per heavy atom. The van der Waals surface area contributed by atoms with Gasteiger partial charge in [-0.3, -0.25) is 29.5 Å². The highest BCUT2D eigenvalue weighted by atomic mass is 16.5. The van der Waals surface area contributed by atoms with E-state index in [4.69, 9.17) is 16.2 Å². The van der Waals surface area contributed by atoms with E-state index in [1.165, 1.54) is 0 Å². The van der Waals surface area contributed by atoms with E-state index in [1.54, 1.807) is 42.5 Å². The predicted molar refractivity (Wildman–Crippen MR) is 156 cm³/mol. The zero-order valence-corrected chi connectivity index (χ0v) is 22.8. The number of hydrogen-bond donors (Lipinski definition) is 6. The number of hydrogen-bond acceptors (Lipinski definition) is 7. The van der Waals surface area contributed by atoms with Crippen LogP contribution in [0.4, 0.5) is 4.79 Å². The summed E-state index contributed by atoms with van der Waals surface area (Å²) in [5.41, 5.74) is 11.7. The molecule has 0 fully saturated rings. The molecule has 0 spiro atoms. The number of amides is 5. The standard InChI is InChI=1S/C29H33N7O6/c30-28(31)32-14-6-11-23(27(40)36-26(39)22-13-12-20-9-4-5-10-21(20)15-22)35-25(38)17-33-24(37)16-34-29(41)42-18-19-7-2-1-3-8-19/h1-5,7-10,12-13,15,23H,6,11,14,16-18H2,(H,33,37)(H,34,41)(H,35,38)(H4,30,31,32)(H,36,39,40)/t23-/m0/s1. The van der Waals surface area contributed by atoms with Crippen molar-refractivity contribution in [3.63, 3.8) is 0 Å². The summed E-state index contributed by atoms with van der Waals surface area (Å²) in [6.07, 6.45) is -0.365. The molecule has 0 saturated heterocycles. The van der Waals surface area contributed by atoms with Crippen molar-refractivity contribution >= 4 is 46.5 Å². The second-order valence-electron chi connectivity index (χ2n) is 9.14. The number of nitrogens with one attached hydrogen (secondary N) is 4. The second kappa shape index (κ2) is 16.0. The van der Waals surface area contributed by atoms with E-state index in [0.29, 0.717) is 6.42 Å². The first-order valence-electron chi connectivity index (χ1n) is 13.1. The maximum atomic E-state index is 13.0. The van der Waals surface area contributed by atoms with E-state index in [-0.39, 0.29) is 31.1 Å². The number of carbonyl (C=O) groups excluding carboxylic acids is 5. The molecule has 3 aromatic carbocycles. The van der Waals surface area contributed by atoms with Gasteiger partial charge < -0.3 is 32.2 Å². The average molecular weight is 576 g/mol. The van der Waals surface area contributed by atoms with Crippen LogP contribution in [0.15, 0.2) is 77.8 Å². The fourth-order valence-corrected chi connectivity index (χ4v) is 3.79. The molecule has 8 N–H and O–H groups in total. The van der Waals surface area contributed by atoms with Gasteiger partial charge in [-0.15, -0.1) is 0 Å². The summed E-state index contributed by atoms with van der Waals surface area (Å²) < 4.78 is 5.02. The van der Waals surface area contributed by atoms with Crippen LogP contribution in [0.3, 0.4) is 0 Å². The molecule has 0 aliphatic heterocycles. The number of fused-ring (bicyclic) bond motifs is 1. The lowest BCUT2D eigenvalue weighted by Gasteiger charge is -2.18. The van der Waals surface area contributed by atoms with Crippen molar-refractivity contribution in [2.45, 2.75) is 25.5 Å². The van der Waals surface area contributed by atoms with Gasteiger partial charge in [0.1, 0.15) is 19.2 Å². The Balaban J connectivity index is 1.49. The number of nitrogens with two attached hydrogens (primary N) is 2. The summed E-state index contributed by atoms with van der Waals surface area (Å²) in [5, 5.41) is 11.2. The van der Waals surface area contributed by atoms with Gasteiger partial charge in [0, 0.05) is 12.1 Å². The van der Waals surface area contributed by atoms with Gasteiger partial charge in [0.25, 0.3) is 5.91 Å². The number of rotatable bonds is 13. The first-order chi connectivity index (χ1) is 20.2. The highest BCUT2D eigenvalue weighted by molar-refractivity contribution is 6.08. The molecule has 220 valence electrons. The third-order valence-electron chi connectivity index (χ3n) is 5.90. The van der Waals surface area contributed by atoms with Crippen LogP contribution >= 0.6 is 0 Å². The van der Waals surface area contributed by atoms with Gasteiger partial charge in [-0.05, 0) is 41.3 Å². The smallest absolute Gasteiger partial charge is 0.407 e. The van der Waals surface area contributed by atoms with Crippen LogP contribution < -0.4 is 32.7 Å². The van der Waals surface area contributed by atoms with Crippen LogP contribution in [0.2, 0.25) is 0 Å². The number of ether oxygens (including phenoxy) is 1. The van der Waals surface area contributed by atoms with E-state index in [1.807, 2.05) is 30.3 Å². The molecular weight excluding hydrogens is 542 g/mol. The summed E-state index contributed by atoms with van der Waals surface area (Å²) >= 11 is 0. The minimum absolute atomic E-state index is 0.0344. The topological polar surface area (TPSA) is 207 Å². The molecular formula is C29H33N7O6. The molecule has 0 aliphatic carbocycles. The summed E-state index contributed by atoms with van der Waals surface area (Å²) in [6, 6.07) is 20.4. The summed E-state index contributed by atoms with van der Waals surface area (Å²) in [5.74, 6) is -2.82. The molecule has 3 rings (SSSR count). The number of carbonyl (C=O) groups is 5. The van der Waals surface area contributed by atoms with Crippen LogP contribution in [0, 0.1) is 0 Å². The maximum absolute atomic E-state index is 13.0. The molecule has 3 aromatic rings. The third-order valence-corrected chi connectivity index (χ3v) is 5.90. The zero-order valence-electron chi connectivity index (χ0n) is 22.8. The number of imide groups is 1. The fourth-order valence-electron chi connectivity index (χ4n) is 3.79. The minimum atomic E-state index is -1.11. The van der Waals surface area contributed by atoms with Gasteiger partial charge in [0.05, 0.1) is 6.54 Å². The molecule has 0 unspecified atom stereocenters. The Hall–Kier alpha value is -5.46. The van der Waals surface area contributed by atoms with E-state index < -0.39 is 48.9 Å². The largest absolute Gasteiger partial charge is 0.445 e. The van der Waals surface area contributed by atoms with E-state index in [0.717, 1.165) is 16.3 Å². The molecule has 13 heteroatoms. The van der Waals surface area contributed by atoms with Crippen molar-refractivity contribution in [2.24, 2.45) is 16.5 Å². The molecule has 5 amide bonds. The fraction of sp³-hybridized carbons (Fsp3) is 0.241. The number of aliphatic imine (C=N–C) groups is 1. The second-order valence-corrected chi connectivity index (χ2v) is 9.14. The summed E-state index contributed by atoms with van der Waals surface area (Å²) in [4.78, 5) is 66.0. The Morgan fingerprint density at radius 3 is 2.24 bits per heavy atom. The third kappa shape index (κ3) is 10.6. The Morgan fingerprint density at radius 1 is 0.810 bits per heavy atom. The number of guanidine groups is 1. The Kier molecular flexibility index (Phi) is 11.8. The molecule has 13 nitrogen and oxygen atoms in total. The molecule has 0 saturated carbocycles. The van der Waals surface area contributed by atoms with Crippen LogP contribution in [-0.2, 0) is 25.7 Å². The van der Waals surface area contributed by atoms with Crippen molar-refractivity contribution in [3.05, 3.63) is 83.9 Å². The molecule has 1 atom stereocenters. The number of nitrogens with zero attached hydrogens (tertiary/aromatic N) is 1. The highest BCUT2D eigenvalue weighted by Crippen LogP contribution is 2.15. The zero-order chi connectivity index (χ0) is 30.3. The molecule has 0 aliphatic rings. The Labute approximate surface area is 242 Å². The van der Waals surface area contributed by atoms with Gasteiger partial charge in [-0.1, -0.05) is 60.7 Å². The van der Waals surface area contributed by atoms with Gasteiger partial charge in [-0.2, -0.15) is 0 Å². The normalized spacial score (nSPS) is 11.0. The average Bonchev–Trinajstić information content (AvgIpc) is 2.99. The van der Waals surface area contributed by atoms with Crippen LogP contribution in [0.1, 0.15) is 28.8 Å². The van der Waals surface area contributed by atoms with E-state index >= 15 is 0 Å². The van der Waals surface area contributed by atoms with Crippen molar-refractivity contribution in [1.82, 2.24) is 21.3 Å². The maximum Gasteiger partial charge on any atom is 0.407 e.